The number of aliphatic hydroxyl groups is 1. The fraction of sp³-hybridized carbons (Fsp3) is 0.435. The maximum absolute atomic E-state index is 10.6. The van der Waals surface area contributed by atoms with Crippen LogP contribution in [0.3, 0.4) is 0 Å². The van der Waals surface area contributed by atoms with E-state index in [4.69, 9.17) is 0 Å². The van der Waals surface area contributed by atoms with Gasteiger partial charge in [-0.3, -0.25) is 9.88 Å². The van der Waals surface area contributed by atoms with Crippen molar-refractivity contribution in [3.8, 4) is 11.8 Å². The Balaban J connectivity index is 1.58. The molecule has 0 aliphatic carbocycles. The molecule has 2 heterocycles. The zero-order valence-corrected chi connectivity index (χ0v) is 15.6. The molecule has 2 atom stereocenters. The first-order chi connectivity index (χ1) is 12.6. The number of hydrogen-bond donors (Lipinski definition) is 1. The van der Waals surface area contributed by atoms with E-state index in [1.165, 1.54) is 24.0 Å². The van der Waals surface area contributed by atoms with Gasteiger partial charge in [-0.15, -0.1) is 0 Å². The van der Waals surface area contributed by atoms with Gasteiger partial charge in [0, 0.05) is 18.4 Å². The Morgan fingerprint density at radius 3 is 2.81 bits per heavy atom. The number of aryl methyl sites for hydroxylation is 1. The van der Waals surface area contributed by atoms with Gasteiger partial charge in [-0.2, -0.15) is 0 Å². The third-order valence-electron chi connectivity index (χ3n) is 5.07. The Morgan fingerprint density at radius 2 is 2.04 bits per heavy atom. The van der Waals surface area contributed by atoms with Crippen LogP contribution in [0.15, 0.2) is 54.9 Å². The van der Waals surface area contributed by atoms with Gasteiger partial charge in [0.2, 0.25) is 0 Å². The summed E-state index contributed by atoms with van der Waals surface area (Å²) < 4.78 is 0. The first kappa shape index (κ1) is 18.6. The lowest BCUT2D eigenvalue weighted by atomic mass is 9.96. The van der Waals surface area contributed by atoms with E-state index in [9.17, 15) is 5.11 Å². The van der Waals surface area contributed by atoms with Gasteiger partial charge in [-0.1, -0.05) is 54.7 Å². The van der Waals surface area contributed by atoms with Crippen LogP contribution < -0.4 is 0 Å². The predicted octanol–water partition coefficient (Wildman–Crippen LogP) is 4.00. The highest BCUT2D eigenvalue weighted by Crippen LogP contribution is 2.29. The zero-order valence-electron chi connectivity index (χ0n) is 15.6. The van der Waals surface area contributed by atoms with E-state index >= 15 is 0 Å². The molecule has 0 saturated carbocycles. The largest absolute Gasteiger partial charge is 0.378 e. The van der Waals surface area contributed by atoms with Crippen molar-refractivity contribution in [2.75, 3.05) is 13.1 Å². The molecule has 1 aromatic carbocycles. The standard InChI is InChI=1S/C23H28N2O/c1-23(26,15-13-20-9-3-2-4-10-20)14-8-18-25-17-6-5-12-22(25)21-11-7-16-24-19-21/h2-4,7,9-11,16,19,22,26H,5-6,12-13,15,17-18H2,1H3/t22-,23+/m0/s1. The van der Waals surface area contributed by atoms with Crippen LogP contribution >= 0.6 is 0 Å². The number of likely N-dealkylation sites (tertiary alicyclic amines) is 1. The van der Waals surface area contributed by atoms with E-state index in [2.05, 4.69) is 39.9 Å². The van der Waals surface area contributed by atoms with Gasteiger partial charge in [-0.05, 0) is 56.3 Å². The van der Waals surface area contributed by atoms with Crippen LogP contribution in [-0.2, 0) is 6.42 Å². The summed E-state index contributed by atoms with van der Waals surface area (Å²) in [5, 5.41) is 10.6. The molecular formula is C23H28N2O. The molecule has 1 saturated heterocycles. The maximum atomic E-state index is 10.6. The van der Waals surface area contributed by atoms with E-state index < -0.39 is 5.60 Å². The van der Waals surface area contributed by atoms with Crippen LogP contribution in [0, 0.1) is 11.8 Å². The smallest absolute Gasteiger partial charge is 0.123 e. The van der Waals surface area contributed by atoms with Crippen molar-refractivity contribution in [3.63, 3.8) is 0 Å². The summed E-state index contributed by atoms with van der Waals surface area (Å²) in [6, 6.07) is 14.8. The summed E-state index contributed by atoms with van der Waals surface area (Å²) >= 11 is 0. The number of hydrogen-bond acceptors (Lipinski definition) is 3. The second kappa shape index (κ2) is 8.98. The van der Waals surface area contributed by atoms with Crippen molar-refractivity contribution in [2.24, 2.45) is 0 Å². The summed E-state index contributed by atoms with van der Waals surface area (Å²) in [4.78, 5) is 6.68. The van der Waals surface area contributed by atoms with Crippen LogP contribution in [0.1, 0.15) is 49.8 Å². The Morgan fingerprint density at radius 1 is 1.19 bits per heavy atom. The van der Waals surface area contributed by atoms with Crippen molar-refractivity contribution < 1.29 is 5.11 Å². The number of piperidine rings is 1. The lowest BCUT2D eigenvalue weighted by molar-refractivity contribution is 0.112. The Kier molecular flexibility index (Phi) is 6.44. The first-order valence-corrected chi connectivity index (χ1v) is 9.54. The summed E-state index contributed by atoms with van der Waals surface area (Å²) in [6.07, 6.45) is 8.88. The van der Waals surface area contributed by atoms with Crippen molar-refractivity contribution in [1.29, 1.82) is 0 Å². The number of pyridine rings is 1. The molecule has 1 fully saturated rings. The summed E-state index contributed by atoms with van der Waals surface area (Å²) in [6.45, 7) is 3.57. The van der Waals surface area contributed by atoms with Crippen molar-refractivity contribution >= 4 is 0 Å². The van der Waals surface area contributed by atoms with Gasteiger partial charge in [0.1, 0.15) is 5.60 Å². The van der Waals surface area contributed by atoms with Gasteiger partial charge < -0.3 is 5.11 Å². The second-order valence-corrected chi connectivity index (χ2v) is 7.33. The van der Waals surface area contributed by atoms with Gasteiger partial charge in [0.05, 0.1) is 6.54 Å². The summed E-state index contributed by atoms with van der Waals surface area (Å²) in [5.74, 6) is 6.33. The fourth-order valence-corrected chi connectivity index (χ4v) is 3.56. The number of benzene rings is 1. The van der Waals surface area contributed by atoms with E-state index in [0.717, 1.165) is 19.4 Å². The van der Waals surface area contributed by atoms with Crippen LogP contribution in [0.2, 0.25) is 0 Å². The molecule has 26 heavy (non-hydrogen) atoms. The Hall–Kier alpha value is -2.15. The predicted molar refractivity (Wildman–Crippen MR) is 106 cm³/mol. The lowest BCUT2D eigenvalue weighted by Crippen LogP contribution is -2.34. The van der Waals surface area contributed by atoms with E-state index in [-0.39, 0.29) is 0 Å². The topological polar surface area (TPSA) is 36.4 Å². The molecule has 1 aliphatic heterocycles. The molecule has 1 N–H and O–H groups in total. The monoisotopic (exact) mass is 348 g/mol. The van der Waals surface area contributed by atoms with E-state index in [1.807, 2.05) is 43.6 Å². The van der Waals surface area contributed by atoms with Crippen LogP contribution in [0.5, 0.6) is 0 Å². The van der Waals surface area contributed by atoms with E-state index in [1.54, 1.807) is 0 Å². The Bertz CT molecular complexity index is 731. The minimum atomic E-state index is -0.949. The lowest BCUT2D eigenvalue weighted by Gasteiger charge is -2.34. The number of rotatable bonds is 5. The average Bonchev–Trinajstić information content (AvgIpc) is 2.68. The van der Waals surface area contributed by atoms with Gasteiger partial charge >= 0.3 is 0 Å². The molecule has 1 aromatic heterocycles. The highest BCUT2D eigenvalue weighted by atomic mass is 16.3. The normalized spacial score (nSPS) is 20.0. The third-order valence-corrected chi connectivity index (χ3v) is 5.07. The highest BCUT2D eigenvalue weighted by Gasteiger charge is 2.23. The van der Waals surface area contributed by atoms with Gasteiger partial charge in [-0.25, -0.2) is 0 Å². The highest BCUT2D eigenvalue weighted by molar-refractivity contribution is 5.20. The average molecular weight is 348 g/mol. The Labute approximate surface area is 157 Å². The van der Waals surface area contributed by atoms with Crippen molar-refractivity contribution in [1.82, 2.24) is 9.88 Å². The fourth-order valence-electron chi connectivity index (χ4n) is 3.56. The third kappa shape index (κ3) is 5.42. The van der Waals surface area contributed by atoms with Crippen molar-refractivity contribution in [2.45, 2.75) is 50.7 Å². The number of nitrogens with zero attached hydrogens (tertiary/aromatic N) is 2. The first-order valence-electron chi connectivity index (χ1n) is 9.54. The molecule has 0 radical (unpaired) electrons. The molecule has 0 unspecified atom stereocenters. The molecule has 3 heteroatoms. The molecule has 136 valence electrons. The molecule has 0 amide bonds. The van der Waals surface area contributed by atoms with E-state index in [0.29, 0.717) is 19.0 Å². The summed E-state index contributed by atoms with van der Waals surface area (Å²) in [5.41, 5.74) is 1.56. The minimum Gasteiger partial charge on any atom is -0.378 e. The second-order valence-electron chi connectivity index (χ2n) is 7.33. The van der Waals surface area contributed by atoms with Crippen LogP contribution in [0.4, 0.5) is 0 Å². The molecule has 0 spiro atoms. The zero-order chi connectivity index (χ0) is 18.2. The maximum Gasteiger partial charge on any atom is 0.123 e. The number of aromatic nitrogens is 1. The van der Waals surface area contributed by atoms with Gasteiger partial charge in [0.15, 0.2) is 0 Å². The molecule has 0 bridgehead atoms. The van der Waals surface area contributed by atoms with Gasteiger partial charge in [0.25, 0.3) is 0 Å². The molecule has 2 aromatic rings. The summed E-state index contributed by atoms with van der Waals surface area (Å²) in [7, 11) is 0. The molecule has 1 aliphatic rings. The molecular weight excluding hydrogens is 320 g/mol. The molecule has 3 nitrogen and oxygen atoms in total. The van der Waals surface area contributed by atoms with Crippen molar-refractivity contribution in [3.05, 3.63) is 66.0 Å². The van der Waals surface area contributed by atoms with Crippen LogP contribution in [0.25, 0.3) is 0 Å². The minimum absolute atomic E-state index is 0.390. The molecule has 3 rings (SSSR count). The quantitative estimate of drug-likeness (QED) is 0.830. The van der Waals surface area contributed by atoms with Crippen LogP contribution in [-0.4, -0.2) is 33.7 Å². The SMILES string of the molecule is C[C@@](O)(C#CCN1CCCC[C@H]1c1cccnc1)CCc1ccccc1.